The quantitative estimate of drug-likeness (QED) is 0.261. The van der Waals surface area contributed by atoms with Gasteiger partial charge in [-0.1, -0.05) is 45.9 Å². The second-order valence-corrected chi connectivity index (χ2v) is 14.7. The number of carbonyl (C=O) groups excluding carboxylic acids is 4. The summed E-state index contributed by atoms with van der Waals surface area (Å²) >= 11 is 2.50. The van der Waals surface area contributed by atoms with Crippen LogP contribution in [0.2, 0.25) is 0 Å². The van der Waals surface area contributed by atoms with Gasteiger partial charge < -0.3 is 39.5 Å². The number of rotatable bonds is 9. The monoisotopic (exact) mass is 710 g/mol. The molecule has 3 unspecified atom stereocenters. The van der Waals surface area contributed by atoms with Crippen molar-refractivity contribution >= 4 is 47.1 Å². The van der Waals surface area contributed by atoms with Crippen LogP contribution in [0.5, 0.6) is 0 Å². The van der Waals surface area contributed by atoms with Crippen molar-refractivity contribution in [3.8, 4) is 0 Å². The van der Waals surface area contributed by atoms with Crippen molar-refractivity contribution in [2.24, 2.45) is 17.6 Å². The molecule has 268 valence electrons. The minimum atomic E-state index is -0.991. The van der Waals surface area contributed by atoms with E-state index in [0.717, 1.165) is 0 Å². The molecular formula is C34H50N2O10S2. The smallest absolute Gasteiger partial charge is 0.404 e. The number of thioether (sulfide) groups is 2. The number of primary amides is 1. The van der Waals surface area contributed by atoms with Crippen LogP contribution in [0.15, 0.2) is 44.9 Å². The average Bonchev–Trinajstić information content (AvgIpc) is 3.75. The number of ketones is 2. The first kappa shape index (κ1) is 40.0. The highest BCUT2D eigenvalue weighted by Crippen LogP contribution is 2.49. The maximum absolute atomic E-state index is 14.4. The van der Waals surface area contributed by atoms with Crippen LogP contribution in [0.3, 0.4) is 0 Å². The minimum absolute atomic E-state index is 0.0715. The maximum atomic E-state index is 14.4. The van der Waals surface area contributed by atoms with Crippen LogP contribution in [0, 0.1) is 11.8 Å². The van der Waals surface area contributed by atoms with Crippen molar-refractivity contribution in [3.05, 3.63) is 44.9 Å². The molecule has 14 heteroatoms. The van der Waals surface area contributed by atoms with Crippen LogP contribution >= 0.6 is 23.5 Å². The van der Waals surface area contributed by atoms with Crippen molar-refractivity contribution < 1.29 is 47.6 Å². The second kappa shape index (κ2) is 17.5. The SMILES string of the molecule is CCSC1=C2NC(=O)/C(C)=C/C=C\C(OC)[C@@H](OC(N)=O)C3(C)OC3[C@H](C)[C@@H](OC)[C@@H](OC)C[C@H](C)[C@@H](OC)C(=C(SCC)C1=O)C2=O. The molecule has 1 saturated heterocycles. The first-order valence-corrected chi connectivity index (χ1v) is 18.0. The number of fused-ring (bicyclic) bond motifs is 3. The van der Waals surface area contributed by atoms with Gasteiger partial charge in [-0.3, -0.25) is 14.4 Å². The number of carbonyl (C=O) groups is 4. The summed E-state index contributed by atoms with van der Waals surface area (Å²) in [6.45, 7) is 11.1. The van der Waals surface area contributed by atoms with E-state index in [1.165, 1.54) is 43.8 Å². The lowest BCUT2D eigenvalue weighted by Gasteiger charge is -2.35. The highest BCUT2D eigenvalue weighted by Gasteiger charge is 2.65. The standard InChI is InChI=1S/C34H50N2O10S2/c1-11-47-28-22-24(37)23(29(25(28)38)48-12-2)36-32(39)17(3)14-13-15-20(41-7)31(45-33(35)40)34(6)30(46-34)19(5)27(44-10)21(42-8)16-18(4)26(22)43-9/h13-15,18-21,26-27,30-31H,11-12,16H2,1-10H3,(H2,35,40)(H,36,39)/b15-13-,17-14+/t18-,19+,20?,21-,26+,27+,30?,31+,34?/m0/s1. The lowest BCUT2D eigenvalue weighted by Crippen LogP contribution is -2.47. The number of hydrogen-bond acceptors (Lipinski definition) is 12. The molecule has 2 heterocycles. The van der Waals surface area contributed by atoms with Crippen molar-refractivity contribution in [1.82, 2.24) is 5.32 Å². The van der Waals surface area contributed by atoms with Crippen LogP contribution in [0.1, 0.15) is 48.0 Å². The van der Waals surface area contributed by atoms with Crippen molar-refractivity contribution in [2.75, 3.05) is 39.9 Å². The van der Waals surface area contributed by atoms with Gasteiger partial charge in [0.1, 0.15) is 17.4 Å². The molecule has 12 nitrogen and oxygen atoms in total. The molecule has 0 aromatic heterocycles. The van der Waals surface area contributed by atoms with Gasteiger partial charge in [0.05, 0.1) is 34.2 Å². The fourth-order valence-electron chi connectivity index (χ4n) is 6.62. The lowest BCUT2D eigenvalue weighted by molar-refractivity contribution is -0.121. The van der Waals surface area contributed by atoms with E-state index in [9.17, 15) is 19.2 Å². The zero-order valence-corrected chi connectivity index (χ0v) is 31.1. The third kappa shape index (κ3) is 8.45. The van der Waals surface area contributed by atoms with Gasteiger partial charge in [0.15, 0.2) is 6.10 Å². The zero-order valence-electron chi connectivity index (χ0n) is 29.4. The molecule has 1 fully saturated rings. The Hall–Kier alpha value is -2.46. The number of ether oxygens (including phenoxy) is 6. The normalized spacial score (nSPS) is 35.5. The summed E-state index contributed by atoms with van der Waals surface area (Å²) in [7, 11) is 6.13. The van der Waals surface area contributed by atoms with E-state index in [-0.39, 0.29) is 39.4 Å². The Labute approximate surface area is 291 Å². The summed E-state index contributed by atoms with van der Waals surface area (Å²) in [4.78, 5) is 54.5. The number of nitrogens with one attached hydrogen (secondary N) is 1. The third-order valence-electron chi connectivity index (χ3n) is 9.04. The Kier molecular flexibility index (Phi) is 14.5. The van der Waals surface area contributed by atoms with Crippen LogP contribution in [0.25, 0.3) is 0 Å². The Bertz CT molecular complexity index is 1360. The molecule has 3 aliphatic rings. The number of Topliss-reactive ketones (excluding diaryl/α,β-unsaturated/α-hetero) is 2. The Morgan fingerprint density at radius 1 is 1.00 bits per heavy atom. The van der Waals surface area contributed by atoms with Gasteiger partial charge in [-0.05, 0) is 37.7 Å². The fraction of sp³-hybridized carbons (Fsp3) is 0.647. The van der Waals surface area contributed by atoms with Gasteiger partial charge in [-0.2, -0.15) is 0 Å². The number of amides is 2. The molecule has 3 rings (SSSR count). The molecule has 0 radical (unpaired) electrons. The van der Waals surface area contributed by atoms with E-state index in [1.54, 1.807) is 33.3 Å². The summed E-state index contributed by atoms with van der Waals surface area (Å²) in [5.74, 6) is -0.897. The first-order valence-electron chi connectivity index (χ1n) is 16.0. The molecule has 0 saturated carbocycles. The summed E-state index contributed by atoms with van der Waals surface area (Å²) in [6.07, 6.45) is 0.172. The van der Waals surface area contributed by atoms with Crippen LogP contribution in [-0.4, -0.2) is 106 Å². The van der Waals surface area contributed by atoms with Gasteiger partial charge >= 0.3 is 6.09 Å². The van der Waals surface area contributed by atoms with Crippen LogP contribution < -0.4 is 11.1 Å². The number of epoxide rings is 1. The van der Waals surface area contributed by atoms with Gasteiger partial charge in [0.2, 0.25) is 11.6 Å². The average molecular weight is 711 g/mol. The molecule has 1 aliphatic carbocycles. The molecular weight excluding hydrogens is 661 g/mol. The van der Waals surface area contributed by atoms with E-state index >= 15 is 0 Å². The van der Waals surface area contributed by atoms with E-state index in [2.05, 4.69) is 5.32 Å². The first-order chi connectivity index (χ1) is 22.7. The maximum Gasteiger partial charge on any atom is 0.404 e. The van der Waals surface area contributed by atoms with E-state index in [1.807, 2.05) is 34.6 Å². The predicted molar refractivity (Wildman–Crippen MR) is 185 cm³/mol. The molecule has 2 aliphatic heterocycles. The highest BCUT2D eigenvalue weighted by atomic mass is 32.2. The van der Waals surface area contributed by atoms with Crippen molar-refractivity contribution in [3.63, 3.8) is 0 Å². The zero-order chi connectivity index (χ0) is 35.9. The molecule has 48 heavy (non-hydrogen) atoms. The summed E-state index contributed by atoms with van der Waals surface area (Å²) in [5, 5.41) is 2.74. The van der Waals surface area contributed by atoms with Gasteiger partial charge in [0.25, 0.3) is 5.91 Å². The molecule has 2 bridgehead atoms. The molecule has 2 amide bonds. The molecule has 0 aromatic rings. The predicted octanol–water partition coefficient (Wildman–Crippen LogP) is 4.09. The lowest BCUT2D eigenvalue weighted by atomic mass is 9.81. The highest BCUT2D eigenvalue weighted by molar-refractivity contribution is 8.06. The van der Waals surface area contributed by atoms with Crippen LogP contribution in [-0.2, 0) is 42.8 Å². The fourth-order valence-corrected chi connectivity index (χ4v) is 8.38. The topological polar surface area (TPSA) is 165 Å². The largest absolute Gasteiger partial charge is 0.440 e. The number of allylic oxidation sites excluding steroid dienone is 5. The number of methoxy groups -OCH3 is 4. The molecule has 9 atom stereocenters. The number of hydrogen-bond donors (Lipinski definition) is 2. The Morgan fingerprint density at radius 2 is 1.65 bits per heavy atom. The second-order valence-electron chi connectivity index (χ2n) is 12.1. The number of nitrogens with two attached hydrogens (primary N) is 1. The van der Waals surface area contributed by atoms with Crippen molar-refractivity contribution in [1.29, 1.82) is 0 Å². The van der Waals surface area contributed by atoms with E-state index in [4.69, 9.17) is 34.2 Å². The van der Waals surface area contributed by atoms with E-state index < -0.39 is 60.0 Å². The van der Waals surface area contributed by atoms with Gasteiger partial charge in [-0.15, -0.1) is 23.5 Å². The summed E-state index contributed by atoms with van der Waals surface area (Å²) in [6, 6.07) is 0. The van der Waals surface area contributed by atoms with Gasteiger partial charge in [0, 0.05) is 45.5 Å². The van der Waals surface area contributed by atoms with Gasteiger partial charge in [-0.25, -0.2) is 4.79 Å². The van der Waals surface area contributed by atoms with E-state index in [0.29, 0.717) is 22.8 Å². The molecule has 0 spiro atoms. The summed E-state index contributed by atoms with van der Waals surface area (Å²) in [5.41, 5.74) is 4.88. The Morgan fingerprint density at radius 3 is 2.19 bits per heavy atom. The van der Waals surface area contributed by atoms with Crippen LogP contribution in [0.4, 0.5) is 4.79 Å². The Balaban J connectivity index is 2.23. The minimum Gasteiger partial charge on any atom is -0.440 e. The van der Waals surface area contributed by atoms with Crippen molar-refractivity contribution in [2.45, 2.75) is 90.2 Å². The third-order valence-corrected chi connectivity index (χ3v) is 11.0. The molecule has 0 aromatic carbocycles. The molecule has 3 N–H and O–H groups in total. The summed E-state index contributed by atoms with van der Waals surface area (Å²) < 4.78 is 35.5.